The number of hydrogen-bond acceptors (Lipinski definition) is 0. The van der Waals surface area contributed by atoms with Gasteiger partial charge in [0.15, 0.2) is 0 Å². The van der Waals surface area contributed by atoms with E-state index in [1.165, 1.54) is 51.4 Å². The summed E-state index contributed by atoms with van der Waals surface area (Å²) >= 11 is 2.34. The number of rotatable bonds is 8. The monoisotopic (exact) mass is 267 g/mol. The second-order valence-electron chi connectivity index (χ2n) is 3.06. The van der Waals surface area contributed by atoms with Crippen molar-refractivity contribution in [3.8, 4) is 0 Å². The third-order valence-electron chi connectivity index (χ3n) is 1.92. The molecule has 0 spiro atoms. The van der Waals surface area contributed by atoms with Gasteiger partial charge in [-0.15, -0.1) is 0 Å². The molecule has 11 heavy (non-hydrogen) atoms. The highest BCUT2D eigenvalue weighted by atomic mass is 127. The van der Waals surface area contributed by atoms with E-state index in [0.717, 1.165) is 0 Å². The van der Waals surface area contributed by atoms with Gasteiger partial charge in [-0.2, -0.15) is 0 Å². The van der Waals surface area contributed by atoms with Crippen molar-refractivity contribution >= 4 is 22.6 Å². The van der Waals surface area contributed by atoms with Crippen LogP contribution in [0.4, 0.5) is 0 Å². The Hall–Kier alpha value is 0.730. The van der Waals surface area contributed by atoms with E-state index in [4.69, 9.17) is 0 Å². The highest BCUT2D eigenvalue weighted by Crippen LogP contribution is 2.10. The van der Waals surface area contributed by atoms with E-state index < -0.39 is 0 Å². The Labute approximate surface area is 85.3 Å². The summed E-state index contributed by atoms with van der Waals surface area (Å²) in [7, 11) is 0. The van der Waals surface area contributed by atoms with Gasteiger partial charge in [0.1, 0.15) is 0 Å². The van der Waals surface area contributed by atoms with Crippen molar-refractivity contribution in [2.45, 2.75) is 58.3 Å². The molecule has 0 aliphatic heterocycles. The second kappa shape index (κ2) is 10.7. The number of halogens is 1. The van der Waals surface area contributed by atoms with Gasteiger partial charge >= 0.3 is 0 Å². The van der Waals surface area contributed by atoms with E-state index in [0.29, 0.717) is 0 Å². The summed E-state index contributed by atoms with van der Waals surface area (Å²) in [6.07, 6.45) is 11.3. The lowest BCUT2D eigenvalue weighted by Gasteiger charge is -1.98. The molecule has 0 fully saturated rings. The van der Waals surface area contributed by atoms with Gasteiger partial charge in [-0.1, -0.05) is 74.5 Å². The smallest absolute Gasteiger partial charge is 0.0227 e. The summed E-state index contributed by atoms with van der Waals surface area (Å²) in [5, 5.41) is 0. The average Bonchev–Trinajstić information content (AvgIpc) is 2.03. The Morgan fingerprint density at radius 3 is 2.00 bits per heavy atom. The minimum Gasteiger partial charge on any atom is -0.0815 e. The lowest BCUT2D eigenvalue weighted by Crippen LogP contribution is -1.78. The predicted octanol–water partition coefficient (Wildman–Crippen LogP) is 4.72. The van der Waals surface area contributed by atoms with E-state index in [1.54, 1.807) is 0 Å². The van der Waals surface area contributed by atoms with Crippen molar-refractivity contribution in [3.05, 3.63) is 4.43 Å². The third kappa shape index (κ3) is 10.7. The summed E-state index contributed by atoms with van der Waals surface area (Å²) in [5.41, 5.74) is 0. The van der Waals surface area contributed by atoms with E-state index in [1.807, 2.05) is 0 Å². The quantitative estimate of drug-likeness (QED) is 0.441. The molecule has 0 unspecified atom stereocenters. The van der Waals surface area contributed by atoms with Gasteiger partial charge in [-0.3, -0.25) is 0 Å². The number of hydrogen-bond donors (Lipinski definition) is 0. The molecule has 1 heteroatoms. The lowest BCUT2D eigenvalue weighted by atomic mass is 10.1. The van der Waals surface area contributed by atoms with Gasteiger partial charge in [-0.05, 0) is 6.42 Å². The Morgan fingerprint density at radius 1 is 0.909 bits per heavy atom. The zero-order chi connectivity index (χ0) is 8.36. The third-order valence-corrected chi connectivity index (χ3v) is 2.54. The van der Waals surface area contributed by atoms with Gasteiger partial charge in [0.2, 0.25) is 0 Å². The molecule has 0 nitrogen and oxygen atoms in total. The van der Waals surface area contributed by atoms with Gasteiger partial charge in [0, 0.05) is 4.43 Å². The first-order valence-corrected chi connectivity index (χ1v) is 6.08. The zero-order valence-corrected chi connectivity index (χ0v) is 9.77. The van der Waals surface area contributed by atoms with Crippen molar-refractivity contribution in [1.29, 1.82) is 0 Å². The van der Waals surface area contributed by atoms with Crippen molar-refractivity contribution in [1.82, 2.24) is 0 Å². The maximum Gasteiger partial charge on any atom is 0.0227 e. The highest BCUT2D eigenvalue weighted by Gasteiger charge is 1.89. The molecule has 0 N–H and O–H groups in total. The van der Waals surface area contributed by atoms with Crippen molar-refractivity contribution in [3.63, 3.8) is 0 Å². The standard InChI is InChI=1S/C10H20I/c1-2-3-4-5-6-7-8-9-10-11/h10H,2-9H2,1H3. The van der Waals surface area contributed by atoms with Crippen LogP contribution in [-0.4, -0.2) is 0 Å². The SMILES string of the molecule is CCCCCCCCC[CH]I. The van der Waals surface area contributed by atoms with Crippen LogP contribution in [0.1, 0.15) is 58.3 Å². The largest absolute Gasteiger partial charge is 0.0815 e. The van der Waals surface area contributed by atoms with Crippen molar-refractivity contribution in [2.24, 2.45) is 0 Å². The van der Waals surface area contributed by atoms with Crippen LogP contribution in [0.2, 0.25) is 0 Å². The van der Waals surface area contributed by atoms with Crippen LogP contribution in [0.15, 0.2) is 0 Å². The van der Waals surface area contributed by atoms with E-state index in [2.05, 4.69) is 33.9 Å². The highest BCUT2D eigenvalue weighted by molar-refractivity contribution is 14.1. The molecular weight excluding hydrogens is 247 g/mol. The van der Waals surface area contributed by atoms with Gasteiger partial charge in [-0.25, -0.2) is 0 Å². The summed E-state index contributed by atoms with van der Waals surface area (Å²) < 4.78 is 2.24. The first kappa shape index (κ1) is 11.7. The van der Waals surface area contributed by atoms with Crippen LogP contribution in [0.25, 0.3) is 0 Å². The predicted molar refractivity (Wildman–Crippen MR) is 60.9 cm³/mol. The topological polar surface area (TPSA) is 0 Å². The van der Waals surface area contributed by atoms with E-state index in [-0.39, 0.29) is 0 Å². The van der Waals surface area contributed by atoms with Crippen LogP contribution in [0.5, 0.6) is 0 Å². The Balaban J connectivity index is 2.69. The van der Waals surface area contributed by atoms with Gasteiger partial charge in [0.25, 0.3) is 0 Å². The van der Waals surface area contributed by atoms with Crippen molar-refractivity contribution < 1.29 is 0 Å². The fraction of sp³-hybridized carbons (Fsp3) is 0.900. The molecule has 67 valence electrons. The molecule has 0 saturated carbocycles. The molecule has 0 saturated heterocycles. The maximum absolute atomic E-state index is 2.34. The molecule has 0 rings (SSSR count). The molecule has 0 aromatic rings. The molecule has 0 aromatic heterocycles. The lowest BCUT2D eigenvalue weighted by molar-refractivity contribution is 0.591. The Kier molecular flexibility index (Phi) is 11.4. The van der Waals surface area contributed by atoms with Crippen molar-refractivity contribution in [2.75, 3.05) is 0 Å². The molecule has 0 bridgehead atoms. The van der Waals surface area contributed by atoms with Crippen LogP contribution < -0.4 is 0 Å². The molecule has 0 atom stereocenters. The van der Waals surface area contributed by atoms with E-state index in [9.17, 15) is 0 Å². The first-order chi connectivity index (χ1) is 5.41. The molecule has 0 aromatic carbocycles. The van der Waals surface area contributed by atoms with Crippen LogP contribution in [0.3, 0.4) is 0 Å². The number of unbranched alkanes of at least 4 members (excludes halogenated alkanes) is 7. The summed E-state index contributed by atoms with van der Waals surface area (Å²) in [5.74, 6) is 0. The Morgan fingerprint density at radius 2 is 1.45 bits per heavy atom. The van der Waals surface area contributed by atoms with Gasteiger partial charge in [0.05, 0.1) is 0 Å². The minimum atomic E-state index is 1.30. The second-order valence-corrected chi connectivity index (χ2v) is 3.95. The summed E-state index contributed by atoms with van der Waals surface area (Å²) in [6, 6.07) is 0. The molecule has 0 heterocycles. The fourth-order valence-electron chi connectivity index (χ4n) is 1.18. The molecule has 0 aliphatic carbocycles. The fourth-order valence-corrected chi connectivity index (χ4v) is 1.62. The van der Waals surface area contributed by atoms with Crippen LogP contribution >= 0.6 is 22.6 Å². The molecule has 0 amide bonds. The summed E-state index contributed by atoms with van der Waals surface area (Å²) in [6.45, 7) is 2.27. The van der Waals surface area contributed by atoms with Crippen LogP contribution in [-0.2, 0) is 0 Å². The maximum atomic E-state index is 2.34. The zero-order valence-electron chi connectivity index (χ0n) is 7.61. The molecule has 1 radical (unpaired) electrons. The first-order valence-electron chi connectivity index (χ1n) is 4.83. The molecular formula is C10H20I. The minimum absolute atomic E-state index is 1.30. The molecule has 0 aliphatic rings. The summed E-state index contributed by atoms with van der Waals surface area (Å²) in [4.78, 5) is 0. The van der Waals surface area contributed by atoms with Crippen LogP contribution in [0, 0.1) is 4.43 Å². The van der Waals surface area contributed by atoms with E-state index >= 15 is 0 Å². The normalized spacial score (nSPS) is 10.4. The van der Waals surface area contributed by atoms with Gasteiger partial charge < -0.3 is 0 Å². The average molecular weight is 267 g/mol. The Bertz CT molecular complexity index is 53.9.